The van der Waals surface area contributed by atoms with Crippen LogP contribution in [0.4, 0.5) is 5.69 Å². The van der Waals surface area contributed by atoms with E-state index in [1.165, 1.54) is 31.4 Å². The molecule has 3 rings (SSSR count). The molecule has 0 amide bonds. The minimum absolute atomic E-state index is 0.708. The third-order valence-corrected chi connectivity index (χ3v) is 4.41. The fourth-order valence-electron chi connectivity index (χ4n) is 3.30. The second-order valence-corrected chi connectivity index (χ2v) is 5.98. The number of rotatable bonds is 7. The molecule has 1 fully saturated rings. The van der Waals surface area contributed by atoms with Gasteiger partial charge >= 0.3 is 0 Å². The van der Waals surface area contributed by atoms with Crippen LogP contribution in [-0.4, -0.2) is 19.2 Å². The molecule has 2 aromatic carbocycles. The van der Waals surface area contributed by atoms with E-state index in [1.54, 1.807) is 0 Å². The Morgan fingerprint density at radius 1 is 0.864 bits per heavy atom. The lowest BCUT2D eigenvalue weighted by Crippen LogP contribution is -2.34. The molecule has 2 heteroatoms. The summed E-state index contributed by atoms with van der Waals surface area (Å²) in [6.45, 7) is 1.85. The van der Waals surface area contributed by atoms with Crippen LogP contribution in [0.25, 0.3) is 0 Å². The minimum atomic E-state index is 0.708. The highest BCUT2D eigenvalue weighted by Crippen LogP contribution is 2.28. The number of nitrogens with zero attached hydrogens (tertiary/aromatic N) is 1. The van der Waals surface area contributed by atoms with Gasteiger partial charge in [0.25, 0.3) is 0 Å². The molecule has 0 heterocycles. The molecule has 0 atom stereocenters. The molecule has 0 aromatic heterocycles. The van der Waals surface area contributed by atoms with Gasteiger partial charge in [-0.1, -0.05) is 49.2 Å². The van der Waals surface area contributed by atoms with Crippen molar-refractivity contribution in [2.24, 2.45) is 0 Å². The molecule has 116 valence electrons. The zero-order valence-electron chi connectivity index (χ0n) is 13.2. The van der Waals surface area contributed by atoms with E-state index < -0.39 is 0 Å². The van der Waals surface area contributed by atoms with Crippen molar-refractivity contribution in [3.63, 3.8) is 0 Å². The Labute approximate surface area is 133 Å². The summed E-state index contributed by atoms with van der Waals surface area (Å²) in [7, 11) is 0. The van der Waals surface area contributed by atoms with E-state index in [1.807, 2.05) is 30.3 Å². The molecule has 0 spiro atoms. The van der Waals surface area contributed by atoms with Gasteiger partial charge in [0.2, 0.25) is 0 Å². The Bertz CT molecular complexity index is 534. The molecule has 1 saturated carbocycles. The Morgan fingerprint density at radius 2 is 1.50 bits per heavy atom. The molecule has 0 aliphatic heterocycles. The van der Waals surface area contributed by atoms with Gasteiger partial charge in [0.1, 0.15) is 5.75 Å². The highest BCUT2D eigenvalue weighted by molar-refractivity contribution is 5.47. The van der Waals surface area contributed by atoms with E-state index in [0.717, 1.165) is 25.3 Å². The summed E-state index contributed by atoms with van der Waals surface area (Å²) in [5, 5.41) is 0. The van der Waals surface area contributed by atoms with Crippen molar-refractivity contribution >= 4 is 5.69 Å². The molecule has 2 aromatic rings. The van der Waals surface area contributed by atoms with Gasteiger partial charge in [-0.05, 0) is 43.5 Å². The van der Waals surface area contributed by atoms with Crippen molar-refractivity contribution in [2.75, 3.05) is 18.1 Å². The van der Waals surface area contributed by atoms with Crippen molar-refractivity contribution < 1.29 is 4.74 Å². The average molecular weight is 295 g/mol. The van der Waals surface area contributed by atoms with Crippen molar-refractivity contribution in [2.45, 2.75) is 38.1 Å². The third kappa shape index (κ3) is 4.03. The maximum Gasteiger partial charge on any atom is 0.119 e. The molecule has 1 aliphatic rings. The first-order valence-corrected chi connectivity index (χ1v) is 8.43. The smallest absolute Gasteiger partial charge is 0.119 e. The van der Waals surface area contributed by atoms with Gasteiger partial charge in [0.15, 0.2) is 0 Å². The number of anilines is 1. The second-order valence-electron chi connectivity index (χ2n) is 5.98. The van der Waals surface area contributed by atoms with E-state index in [0.29, 0.717) is 6.04 Å². The molecule has 0 N–H and O–H groups in total. The van der Waals surface area contributed by atoms with Gasteiger partial charge in [-0.3, -0.25) is 0 Å². The van der Waals surface area contributed by atoms with Gasteiger partial charge in [0, 0.05) is 18.3 Å². The number of para-hydroxylation sites is 2. The average Bonchev–Trinajstić information content (AvgIpc) is 3.11. The largest absolute Gasteiger partial charge is 0.494 e. The van der Waals surface area contributed by atoms with Crippen molar-refractivity contribution in [1.29, 1.82) is 0 Å². The lowest BCUT2D eigenvalue weighted by atomic mass is 10.1. The fourth-order valence-corrected chi connectivity index (χ4v) is 3.30. The molecule has 1 aliphatic carbocycles. The molecular weight excluding hydrogens is 270 g/mol. The maximum atomic E-state index is 5.83. The van der Waals surface area contributed by atoms with Gasteiger partial charge in [-0.2, -0.15) is 0 Å². The summed E-state index contributed by atoms with van der Waals surface area (Å²) in [5.41, 5.74) is 1.36. The van der Waals surface area contributed by atoms with E-state index in [-0.39, 0.29) is 0 Å². The topological polar surface area (TPSA) is 12.5 Å². The van der Waals surface area contributed by atoms with Crippen LogP contribution in [0, 0.1) is 0 Å². The van der Waals surface area contributed by atoms with Crippen LogP contribution in [0.1, 0.15) is 32.1 Å². The quantitative estimate of drug-likeness (QED) is 0.673. The van der Waals surface area contributed by atoms with E-state index in [4.69, 9.17) is 4.74 Å². The molecule has 0 unspecified atom stereocenters. The van der Waals surface area contributed by atoms with Crippen LogP contribution in [0.15, 0.2) is 60.7 Å². The predicted octanol–water partition coefficient (Wildman–Crippen LogP) is 4.90. The highest BCUT2D eigenvalue weighted by atomic mass is 16.5. The maximum absolute atomic E-state index is 5.83. The van der Waals surface area contributed by atoms with Crippen molar-refractivity contribution in [1.82, 2.24) is 0 Å². The van der Waals surface area contributed by atoms with E-state index >= 15 is 0 Å². The number of benzene rings is 2. The summed E-state index contributed by atoms with van der Waals surface area (Å²) in [4.78, 5) is 2.58. The SMILES string of the molecule is c1ccc(OCCCN(c2ccccc2)C2CCCC2)cc1. The normalized spacial score (nSPS) is 14.9. The second kappa shape index (κ2) is 7.88. The molecule has 0 bridgehead atoms. The monoisotopic (exact) mass is 295 g/mol. The zero-order valence-corrected chi connectivity index (χ0v) is 13.2. The first-order valence-electron chi connectivity index (χ1n) is 8.43. The first kappa shape index (κ1) is 15.0. The van der Waals surface area contributed by atoms with Crippen LogP contribution in [0.5, 0.6) is 5.75 Å². The van der Waals surface area contributed by atoms with Crippen LogP contribution in [0.3, 0.4) is 0 Å². The lowest BCUT2D eigenvalue weighted by molar-refractivity contribution is 0.310. The molecule has 2 nitrogen and oxygen atoms in total. The summed E-state index contributed by atoms with van der Waals surface area (Å²) in [5.74, 6) is 0.967. The van der Waals surface area contributed by atoms with Crippen LogP contribution in [0.2, 0.25) is 0 Å². The summed E-state index contributed by atoms with van der Waals surface area (Å²) in [6.07, 6.45) is 6.45. The number of ether oxygens (including phenoxy) is 1. The summed E-state index contributed by atoms with van der Waals surface area (Å²) >= 11 is 0. The molecule has 0 saturated heterocycles. The standard InChI is InChI=1S/C20H25NO/c1-3-10-18(11-4-1)21(19-12-7-8-13-19)16-9-17-22-20-14-5-2-6-15-20/h1-6,10-11,14-15,19H,7-9,12-13,16-17H2. The van der Waals surface area contributed by atoms with Crippen molar-refractivity contribution in [3.8, 4) is 5.75 Å². The fraction of sp³-hybridized carbons (Fsp3) is 0.400. The summed E-state index contributed by atoms with van der Waals surface area (Å²) < 4.78 is 5.83. The zero-order chi connectivity index (χ0) is 15.0. The predicted molar refractivity (Wildman–Crippen MR) is 92.6 cm³/mol. The molecule has 0 radical (unpaired) electrons. The first-order chi connectivity index (χ1) is 10.9. The van der Waals surface area contributed by atoms with E-state index in [2.05, 4.69) is 35.2 Å². The highest BCUT2D eigenvalue weighted by Gasteiger charge is 2.22. The third-order valence-electron chi connectivity index (χ3n) is 4.41. The van der Waals surface area contributed by atoms with Crippen LogP contribution < -0.4 is 9.64 Å². The van der Waals surface area contributed by atoms with Gasteiger partial charge in [-0.15, -0.1) is 0 Å². The van der Waals surface area contributed by atoms with Gasteiger partial charge in [0.05, 0.1) is 6.61 Å². The Morgan fingerprint density at radius 3 is 2.18 bits per heavy atom. The Balaban J connectivity index is 1.54. The van der Waals surface area contributed by atoms with E-state index in [9.17, 15) is 0 Å². The van der Waals surface area contributed by atoms with Crippen molar-refractivity contribution in [3.05, 3.63) is 60.7 Å². The number of hydrogen-bond acceptors (Lipinski definition) is 2. The summed E-state index contributed by atoms with van der Waals surface area (Å²) in [6, 6.07) is 21.6. The number of hydrogen-bond donors (Lipinski definition) is 0. The Kier molecular flexibility index (Phi) is 5.36. The van der Waals surface area contributed by atoms with Gasteiger partial charge < -0.3 is 9.64 Å². The lowest BCUT2D eigenvalue weighted by Gasteiger charge is -2.31. The molecule has 22 heavy (non-hydrogen) atoms. The van der Waals surface area contributed by atoms with Crippen LogP contribution in [-0.2, 0) is 0 Å². The molecular formula is C20H25NO. The van der Waals surface area contributed by atoms with Gasteiger partial charge in [-0.25, -0.2) is 0 Å². The Hall–Kier alpha value is -1.96. The minimum Gasteiger partial charge on any atom is -0.494 e. The van der Waals surface area contributed by atoms with Crippen LogP contribution >= 0.6 is 0 Å².